The van der Waals surface area contributed by atoms with E-state index in [0.717, 1.165) is 5.56 Å². The van der Waals surface area contributed by atoms with Crippen molar-refractivity contribution in [2.45, 2.75) is 6.10 Å². The zero-order chi connectivity index (χ0) is 12.5. The van der Waals surface area contributed by atoms with Crippen LogP contribution in [0, 0.1) is 11.8 Å². The van der Waals surface area contributed by atoms with Crippen LogP contribution < -0.4 is 0 Å². The van der Waals surface area contributed by atoms with Gasteiger partial charge in [0.25, 0.3) is 0 Å². The third-order valence-corrected chi connectivity index (χ3v) is 2.12. The zero-order valence-electron chi connectivity index (χ0n) is 9.10. The number of rotatable bonds is 3. The Morgan fingerprint density at radius 3 is 2.71 bits per heavy atom. The van der Waals surface area contributed by atoms with Crippen molar-refractivity contribution in [2.24, 2.45) is 0 Å². The predicted octanol–water partition coefficient (Wildman–Crippen LogP) is 3.37. The highest BCUT2D eigenvalue weighted by Crippen LogP contribution is 2.16. The Bertz CT molecular complexity index is 466. The molecule has 0 saturated heterocycles. The van der Waals surface area contributed by atoms with Gasteiger partial charge in [-0.25, -0.2) is 4.79 Å². The molecule has 1 atom stereocenters. The third-order valence-electron chi connectivity index (χ3n) is 1.85. The molecule has 86 valence electrons. The fourth-order valence-corrected chi connectivity index (χ4v) is 1.37. The Balaban J connectivity index is 2.89. The molecule has 1 aromatic rings. The molecule has 0 bridgehead atoms. The smallest absolute Gasteiger partial charge is 0.332 e. The molecule has 0 saturated carbocycles. The van der Waals surface area contributed by atoms with Crippen molar-refractivity contribution in [3.8, 4) is 11.8 Å². The first-order valence-corrected chi connectivity index (χ1v) is 5.83. The number of ether oxygens (including phenoxy) is 1. The minimum Gasteiger partial charge on any atom is -0.441 e. The summed E-state index contributed by atoms with van der Waals surface area (Å²) in [5.41, 5.74) is 0.832. The monoisotopic (exact) mass is 290 g/mol. The van der Waals surface area contributed by atoms with Crippen molar-refractivity contribution < 1.29 is 9.53 Å². The first-order chi connectivity index (χ1) is 8.27. The molecule has 1 aromatic carbocycles. The first-order valence-electron chi connectivity index (χ1n) is 4.92. The molecule has 0 amide bonds. The Morgan fingerprint density at radius 1 is 1.41 bits per heavy atom. The summed E-state index contributed by atoms with van der Waals surface area (Å²) >= 11 is 3.02. The van der Waals surface area contributed by atoms with E-state index in [2.05, 4.69) is 34.3 Å². The van der Waals surface area contributed by atoms with E-state index in [4.69, 9.17) is 4.74 Å². The normalized spacial score (nSPS) is 11.4. The Kier molecular flexibility index (Phi) is 5.84. The molecular formula is C14H11BrO2. The van der Waals surface area contributed by atoms with Gasteiger partial charge in [-0.2, -0.15) is 0 Å². The number of carbonyl (C=O) groups excluding carboxylic acids is 1. The minimum atomic E-state index is -0.578. The van der Waals surface area contributed by atoms with E-state index in [1.165, 1.54) is 17.1 Å². The van der Waals surface area contributed by atoms with Crippen LogP contribution >= 0.6 is 15.9 Å². The number of allylic oxidation sites excluding steroid dienone is 1. The fraction of sp³-hybridized carbons (Fsp3) is 0.0714. The minimum absolute atomic E-state index is 0.450. The van der Waals surface area contributed by atoms with E-state index in [1.807, 2.05) is 30.3 Å². The predicted molar refractivity (Wildman–Crippen MR) is 71.3 cm³/mol. The maximum absolute atomic E-state index is 11.4. The van der Waals surface area contributed by atoms with Crippen LogP contribution in [0.4, 0.5) is 0 Å². The van der Waals surface area contributed by atoms with Gasteiger partial charge in [0.15, 0.2) is 6.10 Å². The lowest BCUT2D eigenvalue weighted by atomic mass is 10.1. The molecule has 0 aliphatic carbocycles. The van der Waals surface area contributed by atoms with Gasteiger partial charge in [0.05, 0.1) is 0 Å². The van der Waals surface area contributed by atoms with Crippen LogP contribution in [0.1, 0.15) is 11.7 Å². The molecule has 2 nitrogen and oxygen atoms in total. The van der Waals surface area contributed by atoms with E-state index in [1.54, 1.807) is 0 Å². The summed E-state index contributed by atoms with van der Waals surface area (Å²) in [6.07, 6.45) is 2.17. The van der Waals surface area contributed by atoms with Gasteiger partial charge in [0, 0.05) is 11.6 Å². The van der Waals surface area contributed by atoms with Gasteiger partial charge in [-0.15, -0.1) is 0 Å². The van der Waals surface area contributed by atoms with Gasteiger partial charge >= 0.3 is 5.97 Å². The quantitative estimate of drug-likeness (QED) is 0.485. The zero-order valence-corrected chi connectivity index (χ0v) is 10.7. The molecule has 0 fully saturated rings. The van der Waals surface area contributed by atoms with E-state index in [0.29, 0.717) is 0 Å². The molecule has 17 heavy (non-hydrogen) atoms. The number of halogens is 1. The average molecular weight is 291 g/mol. The number of hydrogen-bond donors (Lipinski definition) is 0. The van der Waals surface area contributed by atoms with Crippen molar-refractivity contribution in [3.05, 3.63) is 59.6 Å². The summed E-state index contributed by atoms with van der Waals surface area (Å²) in [5.74, 6) is 5.06. The van der Waals surface area contributed by atoms with E-state index < -0.39 is 12.1 Å². The maximum atomic E-state index is 11.4. The molecule has 0 N–H and O–H groups in total. The summed E-state index contributed by atoms with van der Waals surface area (Å²) in [6, 6.07) is 9.33. The Hall–Kier alpha value is -1.79. The standard InChI is InChI=1S/C14H11BrO2/c1-2-3-9-13(17-14(16)10-11-15)12-7-5-4-6-8-12/h2,4-8,10-11,13H,1H2/b11-10-. The van der Waals surface area contributed by atoms with Crippen molar-refractivity contribution in [3.63, 3.8) is 0 Å². The number of benzene rings is 1. The van der Waals surface area contributed by atoms with Crippen LogP contribution in [0.15, 0.2) is 54.0 Å². The molecular weight excluding hydrogens is 280 g/mol. The third kappa shape index (κ3) is 4.71. The lowest BCUT2D eigenvalue weighted by Crippen LogP contribution is -2.07. The highest BCUT2D eigenvalue weighted by Gasteiger charge is 2.11. The summed E-state index contributed by atoms with van der Waals surface area (Å²) in [6.45, 7) is 3.51. The van der Waals surface area contributed by atoms with Crippen LogP contribution in [0.2, 0.25) is 0 Å². The molecule has 0 spiro atoms. The molecule has 0 heterocycles. The Labute approximate surface area is 109 Å². The van der Waals surface area contributed by atoms with Gasteiger partial charge in [-0.3, -0.25) is 0 Å². The van der Waals surface area contributed by atoms with Crippen molar-refractivity contribution >= 4 is 21.9 Å². The molecule has 0 aliphatic rings. The number of esters is 1. The summed E-state index contributed by atoms with van der Waals surface area (Å²) in [4.78, 5) is 12.8. The van der Waals surface area contributed by atoms with E-state index in [9.17, 15) is 4.79 Å². The van der Waals surface area contributed by atoms with Crippen LogP contribution in [0.25, 0.3) is 0 Å². The van der Waals surface area contributed by atoms with Crippen LogP contribution in [-0.4, -0.2) is 5.97 Å². The summed E-state index contributed by atoms with van der Waals surface area (Å²) in [7, 11) is 0. The van der Waals surface area contributed by atoms with Gasteiger partial charge in [-0.05, 0) is 17.0 Å². The second-order valence-electron chi connectivity index (χ2n) is 3.01. The van der Waals surface area contributed by atoms with Crippen LogP contribution in [0.3, 0.4) is 0 Å². The summed E-state index contributed by atoms with van der Waals surface area (Å²) < 4.78 is 5.20. The molecule has 0 aliphatic heterocycles. The summed E-state index contributed by atoms with van der Waals surface area (Å²) in [5, 5.41) is 0. The average Bonchev–Trinajstić information content (AvgIpc) is 2.36. The van der Waals surface area contributed by atoms with Gasteiger partial charge < -0.3 is 4.74 Å². The highest BCUT2D eigenvalue weighted by molar-refractivity contribution is 9.11. The van der Waals surface area contributed by atoms with Gasteiger partial charge in [0.2, 0.25) is 0 Å². The fourth-order valence-electron chi connectivity index (χ4n) is 1.15. The lowest BCUT2D eigenvalue weighted by molar-refractivity contribution is -0.140. The van der Waals surface area contributed by atoms with Crippen molar-refractivity contribution in [1.82, 2.24) is 0 Å². The van der Waals surface area contributed by atoms with Crippen LogP contribution in [0.5, 0.6) is 0 Å². The second kappa shape index (κ2) is 7.48. The number of hydrogen-bond acceptors (Lipinski definition) is 2. The maximum Gasteiger partial charge on any atom is 0.332 e. The van der Waals surface area contributed by atoms with Gasteiger partial charge in [0.1, 0.15) is 0 Å². The SMILES string of the molecule is C=CC#CC(OC(=O)/C=C\Br)c1ccccc1. The first kappa shape index (κ1) is 13.3. The molecule has 1 rings (SSSR count). The van der Waals surface area contributed by atoms with Crippen LogP contribution in [-0.2, 0) is 9.53 Å². The van der Waals surface area contributed by atoms with E-state index in [-0.39, 0.29) is 0 Å². The molecule has 1 unspecified atom stereocenters. The molecule has 3 heteroatoms. The van der Waals surface area contributed by atoms with Crippen molar-refractivity contribution in [2.75, 3.05) is 0 Å². The van der Waals surface area contributed by atoms with Gasteiger partial charge in [-0.1, -0.05) is 58.8 Å². The molecule has 0 aromatic heterocycles. The Morgan fingerprint density at radius 2 is 2.12 bits per heavy atom. The highest BCUT2D eigenvalue weighted by atomic mass is 79.9. The lowest BCUT2D eigenvalue weighted by Gasteiger charge is -2.10. The number of carbonyl (C=O) groups is 1. The second-order valence-corrected chi connectivity index (χ2v) is 3.54. The van der Waals surface area contributed by atoms with E-state index >= 15 is 0 Å². The topological polar surface area (TPSA) is 26.3 Å². The molecule has 0 radical (unpaired) electrons. The largest absolute Gasteiger partial charge is 0.441 e. The van der Waals surface area contributed by atoms with Crippen molar-refractivity contribution in [1.29, 1.82) is 0 Å².